The zero-order chi connectivity index (χ0) is 60.9. The summed E-state index contributed by atoms with van der Waals surface area (Å²) in [6.45, 7) is 24.1. The molecule has 6 aliphatic rings. The second-order valence-electron chi connectivity index (χ2n) is 27.1. The Morgan fingerprint density at radius 2 is 0.955 bits per heavy atom. The molecule has 12 nitrogen and oxygen atoms in total. The summed E-state index contributed by atoms with van der Waals surface area (Å²) in [5.41, 5.74) is 20.1. The van der Waals surface area contributed by atoms with Crippen molar-refractivity contribution in [3.8, 4) is 23.3 Å². The van der Waals surface area contributed by atoms with Crippen molar-refractivity contribution in [2.75, 3.05) is 19.6 Å². The van der Waals surface area contributed by atoms with E-state index in [1.807, 2.05) is 48.8 Å². The lowest BCUT2D eigenvalue weighted by Crippen LogP contribution is -2.64. The summed E-state index contributed by atoms with van der Waals surface area (Å²) in [4.78, 5) is 40.4. The Hall–Kier alpha value is -10.1. The van der Waals surface area contributed by atoms with Crippen LogP contribution in [0.15, 0.2) is 213 Å². The molecule has 89 heavy (non-hydrogen) atoms. The van der Waals surface area contributed by atoms with E-state index in [1.165, 1.54) is 22.3 Å². The van der Waals surface area contributed by atoms with Crippen molar-refractivity contribution in [2.24, 2.45) is 0 Å². The number of benzene rings is 6. The average molecular weight is 1160 g/mol. The molecule has 0 spiro atoms. The van der Waals surface area contributed by atoms with E-state index in [4.69, 9.17) is 39.4 Å². The lowest BCUT2D eigenvalue weighted by atomic mass is 9.32. The quantitative estimate of drug-likeness (QED) is 0.0961. The summed E-state index contributed by atoms with van der Waals surface area (Å²) in [6.07, 6.45) is 17.1. The first-order chi connectivity index (χ1) is 43.0. The van der Waals surface area contributed by atoms with Crippen LogP contribution in [-0.4, -0.2) is 43.3 Å². The second-order valence-corrected chi connectivity index (χ2v) is 27.1. The third-order valence-electron chi connectivity index (χ3n) is 19.3. The van der Waals surface area contributed by atoms with E-state index in [1.54, 1.807) is 18.7 Å². The number of aromatic nitrogens is 6. The number of para-hydroxylation sites is 3. The Balaban J connectivity index is 0.930. The number of ether oxygens (including phenoxy) is 2. The minimum atomic E-state index is -0.442. The monoisotopic (exact) mass is 1160 g/mol. The van der Waals surface area contributed by atoms with E-state index in [0.29, 0.717) is 34.9 Å². The van der Waals surface area contributed by atoms with E-state index in [-0.39, 0.29) is 21.7 Å². The van der Waals surface area contributed by atoms with Crippen LogP contribution in [0.1, 0.15) is 97.4 Å². The van der Waals surface area contributed by atoms with E-state index in [0.717, 1.165) is 103 Å². The molecule has 16 rings (SSSR count). The predicted molar refractivity (Wildman–Crippen MR) is 363 cm³/mol. The minimum absolute atomic E-state index is 0.0124. The minimum Gasteiger partial charge on any atom is -0.440 e. The first-order valence-corrected chi connectivity index (χ1v) is 30.8. The van der Waals surface area contributed by atoms with Gasteiger partial charge in [0.15, 0.2) is 0 Å². The topological polar surface area (TPSA) is 109 Å². The molecule has 0 amide bonds. The molecule has 0 bridgehead atoms. The Labute approximate surface area is 521 Å². The maximum absolute atomic E-state index is 7.42. The molecule has 4 aromatic heterocycles. The Morgan fingerprint density at radius 3 is 1.44 bits per heavy atom. The summed E-state index contributed by atoms with van der Waals surface area (Å²) in [6, 6.07) is 53.9. The fourth-order valence-electron chi connectivity index (χ4n) is 16.1. The van der Waals surface area contributed by atoms with Crippen molar-refractivity contribution in [1.82, 2.24) is 29.9 Å². The Morgan fingerprint density at radius 1 is 0.506 bits per heavy atom. The highest BCUT2D eigenvalue weighted by atomic mass is 16.5. The molecular weight excluding hydrogens is 1090 g/mol. The van der Waals surface area contributed by atoms with Gasteiger partial charge in [-0.3, -0.25) is 9.80 Å². The molecule has 434 valence electrons. The maximum Gasteiger partial charge on any atom is 0.281 e. The normalized spacial score (nSPS) is 16.8. The van der Waals surface area contributed by atoms with Gasteiger partial charge in [-0.05, 0) is 141 Å². The molecule has 0 radical (unpaired) electrons. The molecular formula is C75H66B2N10O2. The molecule has 0 saturated carbocycles. The molecule has 0 saturated heterocycles. The van der Waals surface area contributed by atoms with Gasteiger partial charge >= 0.3 is 0 Å². The Kier molecular flexibility index (Phi) is 12.0. The highest BCUT2D eigenvalue weighted by molar-refractivity contribution is 7.01. The lowest BCUT2D eigenvalue weighted by molar-refractivity contribution is 0.402. The zero-order valence-corrected chi connectivity index (χ0v) is 51.6. The lowest BCUT2D eigenvalue weighted by Gasteiger charge is -2.41. The standard InChI is InChI=1S/C75H66B2N10O2/c1-11-12-16-23-46(2)84(47-24-17-13-18-25-47)64-37-58-66-70(82-64)88-62-39-63-57(36-56(62)76(66)68-60(40-78-44-80-68)86(58)50-30-32-52-54(34-50)74(7,8)42-72(52,3)4)77-67-59(38-65(83-71(67)89-63)85(48-26-19-14-20-27-48)49-28-21-15-22-29-49)87(61-41-79-45-81-69(61)77)51-31-33-53-55(35-51)75(9,10)43-73(53,5)6/h11-41,44-45H,1,42-43H2,2-10H3/b16-12-,46-23+. The van der Waals surface area contributed by atoms with Crippen LogP contribution in [0.25, 0.3) is 0 Å². The SMILES string of the molecule is C=C/C=C\C=C(/C)N(c1ccccc1)c1cc2c3c(n1)Oc1cc4c(cc1B3c1ncncc1N2c1ccc2c(c1)C(C)(C)CC2(C)C)B1c2ncncc2N(c2ccc3c(c2)C(C)(C)CC3(C)C)c2cc(N(c3ccccc3)c3ccccc3)nc(c21)O4. The van der Waals surface area contributed by atoms with Gasteiger partial charge in [0, 0.05) is 74.4 Å². The number of fused-ring (bicyclic) bond motifs is 10. The van der Waals surface area contributed by atoms with Crippen LogP contribution in [0.5, 0.6) is 23.3 Å². The largest absolute Gasteiger partial charge is 0.440 e. The van der Waals surface area contributed by atoms with Crippen LogP contribution in [-0.2, 0) is 21.7 Å². The van der Waals surface area contributed by atoms with E-state index >= 15 is 0 Å². The molecule has 0 unspecified atom stereocenters. The first-order valence-electron chi connectivity index (χ1n) is 30.8. The van der Waals surface area contributed by atoms with Crippen LogP contribution in [0, 0.1) is 0 Å². The van der Waals surface area contributed by atoms with Crippen LogP contribution in [0.4, 0.5) is 62.8 Å². The number of hydrogen-bond acceptors (Lipinski definition) is 12. The highest BCUT2D eigenvalue weighted by Crippen LogP contribution is 2.54. The van der Waals surface area contributed by atoms with E-state index in [9.17, 15) is 0 Å². The average Bonchev–Trinajstić information content (AvgIpc) is 1.32. The second kappa shape index (κ2) is 19.7. The maximum atomic E-state index is 7.42. The molecule has 2 aliphatic carbocycles. The fourth-order valence-corrected chi connectivity index (χ4v) is 16.1. The van der Waals surface area contributed by atoms with Gasteiger partial charge in [0.05, 0.1) is 35.1 Å². The van der Waals surface area contributed by atoms with Crippen LogP contribution >= 0.6 is 0 Å². The zero-order valence-electron chi connectivity index (χ0n) is 51.6. The fraction of sp³-hybridized carbons (Fsp3) is 0.200. The summed E-state index contributed by atoms with van der Waals surface area (Å²) in [5.74, 6) is 3.50. The number of hydrogen-bond donors (Lipinski definition) is 0. The molecule has 0 N–H and O–H groups in total. The van der Waals surface area contributed by atoms with Crippen molar-refractivity contribution < 1.29 is 9.47 Å². The summed E-state index contributed by atoms with van der Waals surface area (Å²) in [5, 5.41) is 0. The molecule has 8 heterocycles. The molecule has 6 aromatic carbocycles. The van der Waals surface area contributed by atoms with Gasteiger partial charge in [0.25, 0.3) is 13.4 Å². The molecule has 0 fully saturated rings. The van der Waals surface area contributed by atoms with Crippen LogP contribution in [0.2, 0.25) is 0 Å². The molecule has 10 aromatic rings. The third kappa shape index (κ3) is 8.42. The number of anilines is 11. The van der Waals surface area contributed by atoms with Gasteiger partial charge in [-0.1, -0.05) is 153 Å². The van der Waals surface area contributed by atoms with Crippen LogP contribution < -0.4 is 62.1 Å². The summed E-state index contributed by atoms with van der Waals surface area (Å²) in [7, 11) is 0. The van der Waals surface area contributed by atoms with Gasteiger partial charge in [0.1, 0.15) is 35.8 Å². The number of nitrogens with zero attached hydrogens (tertiary/aromatic N) is 10. The highest BCUT2D eigenvalue weighted by Gasteiger charge is 2.51. The van der Waals surface area contributed by atoms with Gasteiger partial charge in [-0.2, -0.15) is 9.97 Å². The van der Waals surface area contributed by atoms with Crippen molar-refractivity contribution in [3.63, 3.8) is 0 Å². The number of pyridine rings is 2. The van der Waals surface area contributed by atoms with Crippen molar-refractivity contribution in [1.29, 1.82) is 0 Å². The molecule has 0 atom stereocenters. The third-order valence-corrected chi connectivity index (χ3v) is 19.3. The van der Waals surface area contributed by atoms with Crippen molar-refractivity contribution in [2.45, 2.75) is 96.8 Å². The van der Waals surface area contributed by atoms with E-state index < -0.39 is 13.4 Å². The predicted octanol–water partition coefficient (Wildman–Crippen LogP) is 14.0. The number of allylic oxidation sites excluding steroid dienone is 5. The van der Waals surface area contributed by atoms with Gasteiger partial charge < -0.3 is 19.3 Å². The van der Waals surface area contributed by atoms with Gasteiger partial charge in [-0.25, -0.2) is 19.9 Å². The smallest absolute Gasteiger partial charge is 0.281 e. The first kappa shape index (κ1) is 54.3. The molecule has 4 aliphatic heterocycles. The summed E-state index contributed by atoms with van der Waals surface area (Å²) < 4.78 is 14.8. The molecule has 14 heteroatoms. The summed E-state index contributed by atoms with van der Waals surface area (Å²) >= 11 is 0. The van der Waals surface area contributed by atoms with E-state index in [2.05, 4.69) is 222 Å². The van der Waals surface area contributed by atoms with Gasteiger partial charge in [-0.15, -0.1) is 0 Å². The number of rotatable bonds is 10. The Bertz CT molecular complexity index is 4620. The van der Waals surface area contributed by atoms with Crippen molar-refractivity contribution in [3.05, 3.63) is 236 Å². The van der Waals surface area contributed by atoms with Crippen LogP contribution in [0.3, 0.4) is 0 Å². The van der Waals surface area contributed by atoms with Gasteiger partial charge in [0.2, 0.25) is 11.8 Å². The van der Waals surface area contributed by atoms with Crippen molar-refractivity contribution >= 4 is 109 Å².